The second-order valence-corrected chi connectivity index (χ2v) is 3.10. The van der Waals surface area contributed by atoms with Gasteiger partial charge in [-0.1, -0.05) is 20.2 Å². The van der Waals surface area contributed by atoms with Gasteiger partial charge in [0.25, 0.3) is 0 Å². The number of carbonyl (C=O) groups is 1. The highest BCUT2D eigenvalue weighted by Crippen LogP contribution is 2.18. The predicted molar refractivity (Wildman–Crippen MR) is 45.8 cm³/mol. The fraction of sp³-hybridized carbons (Fsp3) is 0.857. The first-order valence-electron chi connectivity index (χ1n) is 3.83. The van der Waals surface area contributed by atoms with Crippen LogP contribution in [0.15, 0.2) is 0 Å². The SMILES string of the molecule is BCC(C)(C)C(=O)NCC. The summed E-state index contributed by atoms with van der Waals surface area (Å²) in [4.78, 5) is 11.2. The largest absolute Gasteiger partial charge is 0.356 e. The first-order valence-corrected chi connectivity index (χ1v) is 3.83. The third kappa shape index (κ3) is 2.42. The monoisotopic (exact) mass is 141 g/mol. The van der Waals surface area contributed by atoms with E-state index in [0.29, 0.717) is 0 Å². The third-order valence-electron chi connectivity index (χ3n) is 1.84. The van der Waals surface area contributed by atoms with Gasteiger partial charge in [0.1, 0.15) is 7.85 Å². The zero-order valence-corrected chi connectivity index (χ0v) is 7.32. The predicted octanol–water partition coefficient (Wildman–Crippen LogP) is 0.200. The van der Waals surface area contributed by atoms with Crippen LogP contribution in [0, 0.1) is 5.41 Å². The third-order valence-corrected chi connectivity index (χ3v) is 1.84. The van der Waals surface area contributed by atoms with Gasteiger partial charge in [-0.3, -0.25) is 4.79 Å². The summed E-state index contributed by atoms with van der Waals surface area (Å²) in [7, 11) is 2.02. The average Bonchev–Trinajstić information content (AvgIpc) is 1.89. The molecule has 3 heteroatoms. The van der Waals surface area contributed by atoms with E-state index in [4.69, 9.17) is 0 Å². The van der Waals surface area contributed by atoms with Crippen LogP contribution in [0.5, 0.6) is 0 Å². The molecule has 58 valence electrons. The molecule has 0 radical (unpaired) electrons. The van der Waals surface area contributed by atoms with E-state index in [9.17, 15) is 4.79 Å². The lowest BCUT2D eigenvalue weighted by Crippen LogP contribution is -2.36. The maximum absolute atomic E-state index is 11.2. The Morgan fingerprint density at radius 3 is 2.40 bits per heavy atom. The van der Waals surface area contributed by atoms with Gasteiger partial charge in [0.05, 0.1) is 0 Å². The molecule has 2 nitrogen and oxygen atoms in total. The normalized spacial score (nSPS) is 11.1. The van der Waals surface area contributed by atoms with Crippen LogP contribution in [0.3, 0.4) is 0 Å². The molecular formula is C7H16BNO. The van der Waals surface area contributed by atoms with E-state index in [1.807, 2.05) is 28.6 Å². The van der Waals surface area contributed by atoms with E-state index in [2.05, 4.69) is 5.32 Å². The molecule has 0 spiro atoms. The molecule has 0 saturated heterocycles. The Balaban J connectivity index is 3.91. The van der Waals surface area contributed by atoms with E-state index >= 15 is 0 Å². The van der Waals surface area contributed by atoms with E-state index < -0.39 is 0 Å². The van der Waals surface area contributed by atoms with Gasteiger partial charge in [-0.2, -0.15) is 0 Å². The summed E-state index contributed by atoms with van der Waals surface area (Å²) in [6.45, 7) is 6.57. The van der Waals surface area contributed by atoms with Crippen LogP contribution in [-0.2, 0) is 4.79 Å². The molecule has 0 saturated carbocycles. The van der Waals surface area contributed by atoms with Gasteiger partial charge in [0.15, 0.2) is 0 Å². The highest BCUT2D eigenvalue weighted by molar-refractivity contribution is 6.11. The van der Waals surface area contributed by atoms with Gasteiger partial charge in [-0.05, 0) is 6.92 Å². The van der Waals surface area contributed by atoms with E-state index in [1.165, 1.54) is 0 Å². The molecule has 0 bridgehead atoms. The lowest BCUT2D eigenvalue weighted by Gasteiger charge is -2.20. The van der Waals surface area contributed by atoms with Crippen LogP contribution in [0.1, 0.15) is 20.8 Å². The second-order valence-electron chi connectivity index (χ2n) is 3.10. The molecule has 0 aliphatic rings. The molecule has 0 aromatic rings. The Kier molecular flexibility index (Phi) is 3.47. The Morgan fingerprint density at radius 2 is 2.10 bits per heavy atom. The van der Waals surface area contributed by atoms with Crippen LogP contribution in [0.4, 0.5) is 0 Å². The molecular weight excluding hydrogens is 125 g/mol. The molecule has 0 aliphatic carbocycles. The van der Waals surface area contributed by atoms with Crippen molar-refractivity contribution in [1.82, 2.24) is 5.32 Å². The van der Waals surface area contributed by atoms with Gasteiger partial charge in [-0.15, -0.1) is 0 Å². The fourth-order valence-corrected chi connectivity index (χ4v) is 0.560. The first kappa shape index (κ1) is 9.53. The second kappa shape index (κ2) is 3.64. The molecule has 0 atom stereocenters. The molecule has 1 N–H and O–H groups in total. The van der Waals surface area contributed by atoms with E-state index in [-0.39, 0.29) is 11.3 Å². The molecule has 0 fully saturated rings. The number of nitrogens with one attached hydrogen (secondary N) is 1. The molecule has 0 aliphatic heterocycles. The minimum absolute atomic E-state index is 0.150. The summed E-state index contributed by atoms with van der Waals surface area (Å²) in [6.07, 6.45) is 0.888. The Bertz CT molecular complexity index is 123. The first-order chi connectivity index (χ1) is 4.54. The van der Waals surface area contributed by atoms with Gasteiger partial charge in [-0.25, -0.2) is 0 Å². The van der Waals surface area contributed by atoms with Crippen LogP contribution in [0.2, 0.25) is 6.32 Å². The average molecular weight is 141 g/mol. The molecule has 0 rings (SSSR count). The zero-order chi connectivity index (χ0) is 8.20. The minimum Gasteiger partial charge on any atom is -0.356 e. The molecule has 0 heterocycles. The van der Waals surface area contributed by atoms with Crippen LogP contribution in [-0.4, -0.2) is 20.3 Å². The van der Waals surface area contributed by atoms with Crippen molar-refractivity contribution in [2.75, 3.05) is 6.54 Å². The Morgan fingerprint density at radius 1 is 1.60 bits per heavy atom. The smallest absolute Gasteiger partial charge is 0.224 e. The summed E-state index contributed by atoms with van der Waals surface area (Å²) in [5.74, 6) is 0.150. The summed E-state index contributed by atoms with van der Waals surface area (Å²) in [5, 5.41) is 2.80. The van der Waals surface area contributed by atoms with Crippen molar-refractivity contribution in [2.45, 2.75) is 27.1 Å². The summed E-state index contributed by atoms with van der Waals surface area (Å²) in [5.41, 5.74) is -0.198. The minimum atomic E-state index is -0.198. The van der Waals surface area contributed by atoms with Crippen LogP contribution >= 0.6 is 0 Å². The lowest BCUT2D eigenvalue weighted by molar-refractivity contribution is -0.128. The molecule has 10 heavy (non-hydrogen) atoms. The van der Waals surface area contributed by atoms with Crippen molar-refractivity contribution < 1.29 is 4.79 Å². The fourth-order valence-electron chi connectivity index (χ4n) is 0.560. The maximum atomic E-state index is 11.2. The van der Waals surface area contributed by atoms with Gasteiger partial charge in [0.2, 0.25) is 5.91 Å². The van der Waals surface area contributed by atoms with Gasteiger partial charge >= 0.3 is 0 Å². The van der Waals surface area contributed by atoms with Crippen molar-refractivity contribution in [3.05, 3.63) is 0 Å². The number of hydrogen-bond donors (Lipinski definition) is 1. The van der Waals surface area contributed by atoms with Crippen molar-refractivity contribution in [3.8, 4) is 0 Å². The molecule has 0 aromatic carbocycles. The van der Waals surface area contributed by atoms with Crippen LogP contribution in [0.25, 0.3) is 0 Å². The number of carbonyl (C=O) groups excluding carboxylic acids is 1. The van der Waals surface area contributed by atoms with Gasteiger partial charge in [0, 0.05) is 12.0 Å². The van der Waals surface area contributed by atoms with E-state index in [1.54, 1.807) is 0 Å². The van der Waals surface area contributed by atoms with Crippen molar-refractivity contribution in [2.24, 2.45) is 5.41 Å². The van der Waals surface area contributed by atoms with Crippen molar-refractivity contribution >= 4 is 13.8 Å². The summed E-state index contributed by atoms with van der Waals surface area (Å²) in [6, 6.07) is 0. The standard InChI is InChI=1S/C7H16BNO/c1-4-9-6(10)7(2,3)5-8/h4-5,8H2,1-3H3,(H,9,10). The lowest BCUT2D eigenvalue weighted by atomic mass is 9.78. The zero-order valence-electron chi connectivity index (χ0n) is 7.32. The Hall–Kier alpha value is -0.465. The summed E-state index contributed by atoms with van der Waals surface area (Å²) < 4.78 is 0. The summed E-state index contributed by atoms with van der Waals surface area (Å²) >= 11 is 0. The number of rotatable bonds is 3. The van der Waals surface area contributed by atoms with Crippen molar-refractivity contribution in [1.29, 1.82) is 0 Å². The van der Waals surface area contributed by atoms with E-state index in [0.717, 1.165) is 12.9 Å². The Labute approximate surface area is 63.8 Å². The van der Waals surface area contributed by atoms with Crippen LogP contribution < -0.4 is 5.32 Å². The molecule has 1 amide bonds. The molecule has 0 aromatic heterocycles. The highest BCUT2D eigenvalue weighted by atomic mass is 16.2. The number of hydrogen-bond acceptors (Lipinski definition) is 1. The van der Waals surface area contributed by atoms with Crippen molar-refractivity contribution in [3.63, 3.8) is 0 Å². The number of amides is 1. The maximum Gasteiger partial charge on any atom is 0.224 e. The molecule has 0 unspecified atom stereocenters. The topological polar surface area (TPSA) is 29.1 Å². The highest BCUT2D eigenvalue weighted by Gasteiger charge is 2.23. The van der Waals surface area contributed by atoms with Gasteiger partial charge < -0.3 is 5.32 Å². The quantitative estimate of drug-likeness (QED) is 0.559.